The molecular formula is C15H22N4O. The molecule has 0 aromatic carbocycles. The van der Waals surface area contributed by atoms with E-state index in [4.69, 9.17) is 4.42 Å². The second kappa shape index (κ2) is 7.53. The highest BCUT2D eigenvalue weighted by Gasteiger charge is 2.04. The highest BCUT2D eigenvalue weighted by molar-refractivity contribution is 5.47. The molecular weight excluding hydrogens is 252 g/mol. The van der Waals surface area contributed by atoms with E-state index >= 15 is 0 Å². The fourth-order valence-electron chi connectivity index (χ4n) is 1.85. The molecule has 2 aromatic rings. The molecule has 20 heavy (non-hydrogen) atoms. The molecule has 0 bridgehead atoms. The maximum absolute atomic E-state index is 5.06. The maximum Gasteiger partial charge on any atom is 0.133 e. The van der Waals surface area contributed by atoms with Gasteiger partial charge in [0, 0.05) is 31.1 Å². The molecule has 0 amide bonds. The fourth-order valence-corrected chi connectivity index (χ4v) is 1.85. The third kappa shape index (κ3) is 4.26. The number of furan rings is 1. The summed E-state index contributed by atoms with van der Waals surface area (Å²) in [6.45, 7) is 5.89. The van der Waals surface area contributed by atoms with Crippen LogP contribution in [0.15, 0.2) is 29.1 Å². The summed E-state index contributed by atoms with van der Waals surface area (Å²) in [6, 6.07) is 3.90. The average Bonchev–Trinajstić information content (AvgIpc) is 2.96. The van der Waals surface area contributed by atoms with E-state index < -0.39 is 0 Å². The highest BCUT2D eigenvalue weighted by Crippen LogP contribution is 2.14. The van der Waals surface area contributed by atoms with Crippen molar-refractivity contribution in [3.05, 3.63) is 36.0 Å². The number of nitrogens with zero attached hydrogens (tertiary/aromatic N) is 2. The van der Waals surface area contributed by atoms with E-state index in [9.17, 15) is 0 Å². The average molecular weight is 274 g/mol. The summed E-state index contributed by atoms with van der Waals surface area (Å²) < 4.78 is 5.06. The van der Waals surface area contributed by atoms with Gasteiger partial charge in [-0.05, 0) is 18.9 Å². The lowest BCUT2D eigenvalue weighted by atomic mass is 10.3. The summed E-state index contributed by atoms with van der Waals surface area (Å²) in [5.41, 5.74) is 1.10. The zero-order valence-electron chi connectivity index (χ0n) is 12.1. The van der Waals surface area contributed by atoms with Gasteiger partial charge in [0.1, 0.15) is 17.5 Å². The first-order chi connectivity index (χ1) is 9.81. The topological polar surface area (TPSA) is 63.0 Å². The SMILES string of the molecule is CCCNc1cc(NCc2ccoc2)nc(CCC)n1. The van der Waals surface area contributed by atoms with Crippen LogP contribution in [0.1, 0.15) is 38.1 Å². The van der Waals surface area contributed by atoms with Crippen LogP contribution in [0, 0.1) is 0 Å². The van der Waals surface area contributed by atoms with Crippen LogP contribution in [0.2, 0.25) is 0 Å². The van der Waals surface area contributed by atoms with Crippen molar-refractivity contribution in [3.8, 4) is 0 Å². The molecule has 0 saturated carbocycles. The minimum atomic E-state index is 0.701. The Morgan fingerprint density at radius 2 is 1.90 bits per heavy atom. The monoisotopic (exact) mass is 274 g/mol. The number of rotatable bonds is 8. The maximum atomic E-state index is 5.06. The molecule has 5 nitrogen and oxygen atoms in total. The Labute approximate surface area is 119 Å². The van der Waals surface area contributed by atoms with E-state index in [0.717, 1.165) is 48.8 Å². The number of hydrogen-bond donors (Lipinski definition) is 2. The first kappa shape index (κ1) is 14.4. The summed E-state index contributed by atoms with van der Waals surface area (Å²) in [6.07, 6.45) is 6.41. The molecule has 0 radical (unpaired) electrons. The number of nitrogens with one attached hydrogen (secondary N) is 2. The van der Waals surface area contributed by atoms with Gasteiger partial charge in [-0.1, -0.05) is 13.8 Å². The van der Waals surface area contributed by atoms with Crippen molar-refractivity contribution in [1.82, 2.24) is 9.97 Å². The van der Waals surface area contributed by atoms with Crippen LogP contribution in [-0.2, 0) is 13.0 Å². The summed E-state index contributed by atoms with van der Waals surface area (Å²) in [5, 5.41) is 6.63. The number of hydrogen-bond acceptors (Lipinski definition) is 5. The van der Waals surface area contributed by atoms with Crippen LogP contribution < -0.4 is 10.6 Å². The molecule has 0 aliphatic carbocycles. The molecule has 2 heterocycles. The van der Waals surface area contributed by atoms with Gasteiger partial charge < -0.3 is 15.1 Å². The molecule has 0 fully saturated rings. The van der Waals surface area contributed by atoms with Crippen LogP contribution >= 0.6 is 0 Å². The van der Waals surface area contributed by atoms with Gasteiger partial charge in [-0.15, -0.1) is 0 Å². The van der Waals surface area contributed by atoms with Crippen molar-refractivity contribution >= 4 is 11.6 Å². The Morgan fingerprint density at radius 3 is 2.55 bits per heavy atom. The van der Waals surface area contributed by atoms with Gasteiger partial charge >= 0.3 is 0 Å². The Hall–Kier alpha value is -2.04. The third-order valence-electron chi connectivity index (χ3n) is 2.86. The van der Waals surface area contributed by atoms with Gasteiger partial charge in [0.05, 0.1) is 12.5 Å². The lowest BCUT2D eigenvalue weighted by Gasteiger charge is -2.10. The molecule has 0 aliphatic rings. The molecule has 0 atom stereocenters. The molecule has 0 unspecified atom stereocenters. The predicted octanol–water partition coefficient (Wildman–Crippen LogP) is 3.46. The zero-order valence-corrected chi connectivity index (χ0v) is 12.1. The lowest BCUT2D eigenvalue weighted by Crippen LogP contribution is -2.08. The van der Waals surface area contributed by atoms with Crippen molar-refractivity contribution in [1.29, 1.82) is 0 Å². The molecule has 2 N–H and O–H groups in total. The van der Waals surface area contributed by atoms with Gasteiger partial charge in [0.2, 0.25) is 0 Å². The second-order valence-corrected chi connectivity index (χ2v) is 4.72. The van der Waals surface area contributed by atoms with Crippen molar-refractivity contribution in [2.45, 2.75) is 39.7 Å². The molecule has 2 aromatic heterocycles. The smallest absolute Gasteiger partial charge is 0.133 e. The Morgan fingerprint density at radius 1 is 1.10 bits per heavy atom. The quantitative estimate of drug-likeness (QED) is 0.772. The summed E-state index contributed by atoms with van der Waals surface area (Å²) in [5.74, 6) is 2.62. The molecule has 2 rings (SSSR count). The molecule has 0 aliphatic heterocycles. The van der Waals surface area contributed by atoms with Crippen molar-refractivity contribution in [3.63, 3.8) is 0 Å². The van der Waals surface area contributed by atoms with Crippen molar-refractivity contribution < 1.29 is 4.42 Å². The van der Waals surface area contributed by atoms with Gasteiger partial charge in [0.15, 0.2) is 0 Å². The third-order valence-corrected chi connectivity index (χ3v) is 2.86. The highest BCUT2D eigenvalue weighted by atomic mass is 16.3. The normalized spacial score (nSPS) is 10.5. The van der Waals surface area contributed by atoms with Crippen molar-refractivity contribution in [2.75, 3.05) is 17.2 Å². The lowest BCUT2D eigenvalue weighted by molar-refractivity contribution is 0.564. The van der Waals surface area contributed by atoms with Crippen molar-refractivity contribution in [2.24, 2.45) is 0 Å². The van der Waals surface area contributed by atoms with Crippen LogP contribution in [0.25, 0.3) is 0 Å². The summed E-state index contributed by atoms with van der Waals surface area (Å²) >= 11 is 0. The van der Waals surface area contributed by atoms with E-state index in [1.807, 2.05) is 12.1 Å². The van der Waals surface area contributed by atoms with Crippen LogP contribution in [-0.4, -0.2) is 16.5 Å². The van der Waals surface area contributed by atoms with Crippen LogP contribution in [0.4, 0.5) is 11.6 Å². The fraction of sp³-hybridized carbons (Fsp3) is 0.467. The largest absolute Gasteiger partial charge is 0.472 e. The standard InChI is InChI=1S/C15H22N4O/c1-3-5-13-18-14(16-7-4-2)9-15(19-13)17-10-12-6-8-20-11-12/h6,8-9,11H,3-5,7,10H2,1-2H3,(H2,16,17,18,19). The Bertz CT molecular complexity index is 511. The molecule has 5 heteroatoms. The first-order valence-corrected chi connectivity index (χ1v) is 7.18. The minimum Gasteiger partial charge on any atom is -0.472 e. The van der Waals surface area contributed by atoms with E-state index in [1.54, 1.807) is 12.5 Å². The van der Waals surface area contributed by atoms with E-state index in [-0.39, 0.29) is 0 Å². The van der Waals surface area contributed by atoms with E-state index in [2.05, 4.69) is 34.4 Å². The molecule has 0 saturated heterocycles. The minimum absolute atomic E-state index is 0.701. The van der Waals surface area contributed by atoms with E-state index in [0.29, 0.717) is 6.54 Å². The summed E-state index contributed by atoms with van der Waals surface area (Å²) in [4.78, 5) is 9.06. The number of anilines is 2. The zero-order chi connectivity index (χ0) is 14.2. The Balaban J connectivity index is 2.06. The Kier molecular flexibility index (Phi) is 5.41. The first-order valence-electron chi connectivity index (χ1n) is 7.18. The van der Waals surface area contributed by atoms with Gasteiger partial charge in [-0.2, -0.15) is 0 Å². The molecule has 0 spiro atoms. The van der Waals surface area contributed by atoms with Gasteiger partial charge in [-0.3, -0.25) is 0 Å². The second-order valence-electron chi connectivity index (χ2n) is 4.72. The summed E-state index contributed by atoms with van der Waals surface area (Å²) in [7, 11) is 0. The number of aromatic nitrogens is 2. The van der Waals surface area contributed by atoms with E-state index in [1.165, 1.54) is 0 Å². The van der Waals surface area contributed by atoms with Gasteiger partial charge in [-0.25, -0.2) is 9.97 Å². The van der Waals surface area contributed by atoms with Crippen LogP contribution in [0.3, 0.4) is 0 Å². The molecule has 108 valence electrons. The number of aryl methyl sites for hydroxylation is 1. The van der Waals surface area contributed by atoms with Crippen LogP contribution in [0.5, 0.6) is 0 Å². The predicted molar refractivity (Wildman–Crippen MR) is 80.8 cm³/mol. The van der Waals surface area contributed by atoms with Gasteiger partial charge in [0.25, 0.3) is 0 Å².